The summed E-state index contributed by atoms with van der Waals surface area (Å²) in [6.07, 6.45) is 3.64. The molecule has 2 N–H and O–H groups in total. The van der Waals surface area contributed by atoms with E-state index in [0.717, 1.165) is 38.6 Å². The molecule has 5 aromatic rings. The number of nitrogens with zero attached hydrogens (tertiary/aromatic N) is 3. The number of aromatic amines is 1. The maximum atomic E-state index is 13.1. The molecular formula is C28H22FN5O. The van der Waals surface area contributed by atoms with Crippen molar-refractivity contribution in [2.45, 2.75) is 20.4 Å². The zero-order chi connectivity index (χ0) is 24.5. The summed E-state index contributed by atoms with van der Waals surface area (Å²) in [5.74, 6) is -0.103. The number of hydrogen-bond acceptors (Lipinski definition) is 3. The van der Waals surface area contributed by atoms with Crippen molar-refractivity contribution in [3.8, 4) is 6.07 Å². The average molecular weight is 464 g/mol. The third kappa shape index (κ3) is 4.42. The standard InChI is InChI=1S/C28H22FN5O/c1-17-11-24-25(12-18(17)2)33-28(32-24)19(14-30)13-20-15-34(26-6-4-3-5-23(20)26)16-27(35)31-22-9-7-21(29)8-10-22/h3-13,15H,16H2,1-2H3,(H,31,35)(H,32,33)/b19-13+. The van der Waals surface area contributed by atoms with Gasteiger partial charge in [-0.2, -0.15) is 5.26 Å². The molecule has 0 spiro atoms. The van der Waals surface area contributed by atoms with Crippen LogP contribution in [0.15, 0.2) is 66.9 Å². The van der Waals surface area contributed by atoms with Gasteiger partial charge >= 0.3 is 0 Å². The molecule has 1 amide bonds. The van der Waals surface area contributed by atoms with E-state index in [4.69, 9.17) is 0 Å². The lowest BCUT2D eigenvalue weighted by Gasteiger charge is -2.07. The average Bonchev–Trinajstić information content (AvgIpc) is 3.40. The van der Waals surface area contributed by atoms with E-state index < -0.39 is 0 Å². The van der Waals surface area contributed by atoms with Crippen molar-refractivity contribution in [1.82, 2.24) is 14.5 Å². The van der Waals surface area contributed by atoms with Crippen LogP contribution in [0.3, 0.4) is 0 Å². The Kier molecular flexibility index (Phi) is 5.63. The van der Waals surface area contributed by atoms with Gasteiger partial charge in [-0.05, 0) is 73.5 Å². The van der Waals surface area contributed by atoms with Gasteiger partial charge in [-0.25, -0.2) is 9.37 Å². The number of nitrogens with one attached hydrogen (secondary N) is 2. The first-order valence-corrected chi connectivity index (χ1v) is 11.1. The lowest BCUT2D eigenvalue weighted by atomic mass is 10.1. The summed E-state index contributed by atoms with van der Waals surface area (Å²) in [5, 5.41) is 13.6. The summed E-state index contributed by atoms with van der Waals surface area (Å²) < 4.78 is 15.0. The van der Waals surface area contributed by atoms with E-state index in [1.807, 2.05) is 61.0 Å². The fourth-order valence-electron chi connectivity index (χ4n) is 4.12. The number of aryl methyl sites for hydroxylation is 2. The van der Waals surface area contributed by atoms with Crippen LogP contribution in [-0.2, 0) is 11.3 Å². The van der Waals surface area contributed by atoms with Crippen LogP contribution in [0, 0.1) is 31.0 Å². The first-order valence-electron chi connectivity index (χ1n) is 11.1. The maximum Gasteiger partial charge on any atom is 0.244 e. The quantitative estimate of drug-likeness (QED) is 0.315. The number of halogens is 1. The molecule has 0 fully saturated rings. The fraction of sp³-hybridized carbons (Fsp3) is 0.107. The Bertz CT molecular complexity index is 1610. The number of imidazole rings is 1. The predicted molar refractivity (Wildman–Crippen MR) is 136 cm³/mol. The van der Waals surface area contributed by atoms with Gasteiger partial charge in [0, 0.05) is 28.4 Å². The first kappa shape index (κ1) is 22.1. The molecule has 2 heterocycles. The molecule has 0 atom stereocenters. The van der Waals surface area contributed by atoms with Crippen molar-refractivity contribution < 1.29 is 9.18 Å². The second kappa shape index (κ2) is 8.92. The smallest absolute Gasteiger partial charge is 0.244 e. The number of anilines is 1. The van der Waals surface area contributed by atoms with Gasteiger partial charge in [-0.1, -0.05) is 18.2 Å². The molecule has 6 nitrogen and oxygen atoms in total. The molecule has 0 saturated carbocycles. The molecule has 0 aliphatic carbocycles. The summed E-state index contributed by atoms with van der Waals surface area (Å²) in [7, 11) is 0. The summed E-state index contributed by atoms with van der Waals surface area (Å²) in [4.78, 5) is 20.5. The molecule has 0 radical (unpaired) electrons. The van der Waals surface area contributed by atoms with Crippen LogP contribution in [0.5, 0.6) is 0 Å². The van der Waals surface area contributed by atoms with E-state index in [9.17, 15) is 14.4 Å². The molecule has 3 aromatic carbocycles. The Labute approximate surface area is 201 Å². The number of amides is 1. The number of nitriles is 1. The van der Waals surface area contributed by atoms with Gasteiger partial charge in [-0.3, -0.25) is 4.79 Å². The van der Waals surface area contributed by atoms with Gasteiger partial charge in [0.15, 0.2) is 0 Å². The van der Waals surface area contributed by atoms with E-state index >= 15 is 0 Å². The summed E-state index contributed by atoms with van der Waals surface area (Å²) in [6.45, 7) is 4.14. The molecule has 0 unspecified atom stereocenters. The van der Waals surface area contributed by atoms with Crippen molar-refractivity contribution in [2.75, 3.05) is 5.32 Å². The minimum absolute atomic E-state index is 0.0663. The number of carbonyl (C=O) groups excluding carboxylic acids is 1. The van der Waals surface area contributed by atoms with Crippen LogP contribution in [0.1, 0.15) is 22.5 Å². The second-order valence-corrected chi connectivity index (χ2v) is 8.49. The van der Waals surface area contributed by atoms with Crippen molar-refractivity contribution in [3.63, 3.8) is 0 Å². The third-order valence-corrected chi connectivity index (χ3v) is 6.03. The highest BCUT2D eigenvalue weighted by Crippen LogP contribution is 2.27. The number of allylic oxidation sites excluding steroid dienone is 1. The molecule has 0 saturated heterocycles. The SMILES string of the molecule is Cc1cc2nc(/C(C#N)=C/c3cn(CC(=O)Nc4ccc(F)cc4)c4ccccc34)[nH]c2cc1C. The third-order valence-electron chi connectivity index (χ3n) is 6.03. The van der Waals surface area contributed by atoms with Crippen molar-refractivity contribution in [2.24, 2.45) is 0 Å². The topological polar surface area (TPSA) is 86.5 Å². The largest absolute Gasteiger partial charge is 0.337 e. The van der Waals surface area contributed by atoms with Crippen LogP contribution >= 0.6 is 0 Å². The highest BCUT2D eigenvalue weighted by molar-refractivity contribution is 5.99. The summed E-state index contributed by atoms with van der Waals surface area (Å²) in [5.41, 5.74) is 6.57. The number of carbonyl (C=O) groups is 1. The highest BCUT2D eigenvalue weighted by Gasteiger charge is 2.14. The van der Waals surface area contributed by atoms with Crippen LogP contribution in [0.2, 0.25) is 0 Å². The van der Waals surface area contributed by atoms with E-state index in [2.05, 4.69) is 21.4 Å². The van der Waals surface area contributed by atoms with Gasteiger partial charge in [0.05, 0.1) is 16.6 Å². The molecule has 2 aromatic heterocycles. The lowest BCUT2D eigenvalue weighted by molar-refractivity contribution is -0.116. The van der Waals surface area contributed by atoms with Gasteiger partial charge in [-0.15, -0.1) is 0 Å². The Morgan fingerprint density at radius 3 is 2.66 bits per heavy atom. The molecule has 0 bridgehead atoms. The van der Waals surface area contributed by atoms with E-state index in [1.165, 1.54) is 24.3 Å². The minimum Gasteiger partial charge on any atom is -0.337 e. The maximum absolute atomic E-state index is 13.1. The van der Waals surface area contributed by atoms with Crippen molar-refractivity contribution in [1.29, 1.82) is 5.26 Å². The fourth-order valence-corrected chi connectivity index (χ4v) is 4.12. The molecule has 0 aliphatic heterocycles. The van der Waals surface area contributed by atoms with Gasteiger partial charge in [0.1, 0.15) is 24.3 Å². The summed E-state index contributed by atoms with van der Waals surface area (Å²) >= 11 is 0. The number of aromatic nitrogens is 3. The van der Waals surface area contributed by atoms with Crippen LogP contribution < -0.4 is 5.32 Å². The van der Waals surface area contributed by atoms with Gasteiger partial charge in [0.2, 0.25) is 5.91 Å². The lowest BCUT2D eigenvalue weighted by Crippen LogP contribution is -2.18. The van der Waals surface area contributed by atoms with Gasteiger partial charge in [0.25, 0.3) is 0 Å². The van der Waals surface area contributed by atoms with Crippen LogP contribution in [-0.4, -0.2) is 20.4 Å². The van der Waals surface area contributed by atoms with Crippen molar-refractivity contribution in [3.05, 3.63) is 95.2 Å². The Morgan fingerprint density at radius 2 is 1.89 bits per heavy atom. The van der Waals surface area contributed by atoms with Crippen molar-refractivity contribution >= 4 is 45.2 Å². The highest BCUT2D eigenvalue weighted by atomic mass is 19.1. The number of H-pyrrole nitrogens is 1. The van der Waals surface area contributed by atoms with E-state index in [0.29, 0.717) is 17.1 Å². The Balaban J connectivity index is 1.49. The second-order valence-electron chi connectivity index (χ2n) is 8.49. The molecule has 7 heteroatoms. The number of para-hydroxylation sites is 1. The number of fused-ring (bicyclic) bond motifs is 2. The van der Waals surface area contributed by atoms with E-state index in [-0.39, 0.29) is 18.3 Å². The van der Waals surface area contributed by atoms with Crippen LogP contribution in [0.4, 0.5) is 10.1 Å². The number of benzene rings is 3. The Hall–Kier alpha value is -4.70. The predicted octanol–water partition coefficient (Wildman–Crippen LogP) is 5.98. The molecular weight excluding hydrogens is 441 g/mol. The number of rotatable bonds is 5. The number of hydrogen-bond donors (Lipinski definition) is 2. The molecule has 5 rings (SSSR count). The Morgan fingerprint density at radius 1 is 1.14 bits per heavy atom. The summed E-state index contributed by atoms with van der Waals surface area (Å²) in [6, 6.07) is 19.6. The zero-order valence-corrected chi connectivity index (χ0v) is 19.3. The monoisotopic (exact) mass is 463 g/mol. The van der Waals surface area contributed by atoms with Crippen LogP contribution in [0.25, 0.3) is 33.6 Å². The zero-order valence-electron chi connectivity index (χ0n) is 19.3. The molecule has 0 aliphatic rings. The normalized spacial score (nSPS) is 11.7. The van der Waals surface area contributed by atoms with E-state index in [1.54, 1.807) is 6.08 Å². The first-order chi connectivity index (χ1) is 16.9. The van der Waals surface area contributed by atoms with Gasteiger partial charge < -0.3 is 14.9 Å². The minimum atomic E-state index is -0.362. The molecule has 172 valence electrons. The molecule has 35 heavy (non-hydrogen) atoms.